The van der Waals surface area contributed by atoms with Crippen molar-refractivity contribution in [1.82, 2.24) is 15.2 Å². The highest BCUT2D eigenvalue weighted by Gasteiger charge is 2.23. The number of hydrogen-bond donors (Lipinski definition) is 2. The normalized spacial score (nSPS) is 14.2. The molecule has 6 nitrogen and oxygen atoms in total. The van der Waals surface area contributed by atoms with Gasteiger partial charge in [0.05, 0.1) is 12.2 Å². The predicted molar refractivity (Wildman–Crippen MR) is 108 cm³/mol. The van der Waals surface area contributed by atoms with Crippen LogP contribution in [0.4, 0.5) is 0 Å². The molecule has 0 atom stereocenters. The van der Waals surface area contributed by atoms with E-state index in [0.29, 0.717) is 35.7 Å². The molecule has 2 N–H and O–H groups in total. The van der Waals surface area contributed by atoms with E-state index >= 15 is 0 Å². The van der Waals surface area contributed by atoms with Crippen LogP contribution in [-0.4, -0.2) is 41.5 Å². The SMILES string of the molecule is CCOC(=O)c1c(C)[nH]c(C(=O)NCc2ccccc2CN2CCCC2)c1C. The Labute approximate surface area is 166 Å². The number of rotatable bonds is 7. The molecule has 2 aromatic rings. The van der Waals surface area contributed by atoms with Gasteiger partial charge in [-0.15, -0.1) is 0 Å². The molecular formula is C22H29N3O3. The molecular weight excluding hydrogens is 354 g/mol. The van der Waals surface area contributed by atoms with Crippen molar-refractivity contribution in [3.8, 4) is 0 Å². The zero-order valence-electron chi connectivity index (χ0n) is 16.9. The minimum Gasteiger partial charge on any atom is -0.462 e. The summed E-state index contributed by atoms with van der Waals surface area (Å²) in [5, 5.41) is 2.99. The fourth-order valence-corrected chi connectivity index (χ4v) is 3.82. The van der Waals surface area contributed by atoms with Crippen molar-refractivity contribution < 1.29 is 14.3 Å². The number of H-pyrrole nitrogens is 1. The fraction of sp³-hybridized carbons (Fsp3) is 0.455. The third kappa shape index (κ3) is 4.44. The fourth-order valence-electron chi connectivity index (χ4n) is 3.82. The average Bonchev–Trinajstić information content (AvgIpc) is 3.28. The maximum absolute atomic E-state index is 12.7. The summed E-state index contributed by atoms with van der Waals surface area (Å²) in [6.07, 6.45) is 2.51. The van der Waals surface area contributed by atoms with E-state index in [-0.39, 0.29) is 5.91 Å². The van der Waals surface area contributed by atoms with Gasteiger partial charge in [0.1, 0.15) is 5.69 Å². The number of hydrogen-bond acceptors (Lipinski definition) is 4. The van der Waals surface area contributed by atoms with E-state index < -0.39 is 5.97 Å². The lowest BCUT2D eigenvalue weighted by Gasteiger charge is -2.17. The monoisotopic (exact) mass is 383 g/mol. The highest BCUT2D eigenvalue weighted by molar-refractivity contribution is 6.00. The number of aromatic nitrogens is 1. The van der Waals surface area contributed by atoms with E-state index in [1.165, 1.54) is 18.4 Å². The Morgan fingerprint density at radius 2 is 1.82 bits per heavy atom. The first-order chi connectivity index (χ1) is 13.5. The number of ether oxygens (including phenoxy) is 1. The van der Waals surface area contributed by atoms with Crippen LogP contribution in [0.5, 0.6) is 0 Å². The summed E-state index contributed by atoms with van der Waals surface area (Å²) in [5.74, 6) is -0.615. The standard InChI is InChI=1S/C22H29N3O3/c1-4-28-22(27)19-15(2)20(24-16(19)3)21(26)23-13-17-9-5-6-10-18(17)14-25-11-7-8-12-25/h5-6,9-10,24H,4,7-8,11-14H2,1-3H3,(H,23,26). The molecule has 0 radical (unpaired) electrons. The highest BCUT2D eigenvalue weighted by atomic mass is 16.5. The lowest BCUT2D eigenvalue weighted by Crippen LogP contribution is -2.26. The minimum absolute atomic E-state index is 0.216. The van der Waals surface area contributed by atoms with Crippen LogP contribution in [0, 0.1) is 13.8 Å². The van der Waals surface area contributed by atoms with E-state index in [1.807, 2.05) is 12.1 Å². The summed E-state index contributed by atoms with van der Waals surface area (Å²) in [5.41, 5.74) is 4.50. The van der Waals surface area contributed by atoms with Gasteiger partial charge in [-0.05, 0) is 63.4 Å². The first kappa shape index (κ1) is 20.1. The largest absolute Gasteiger partial charge is 0.462 e. The number of benzene rings is 1. The van der Waals surface area contributed by atoms with Gasteiger partial charge in [-0.25, -0.2) is 4.79 Å². The number of carbonyl (C=O) groups is 2. The number of amides is 1. The van der Waals surface area contributed by atoms with E-state index in [1.54, 1.807) is 20.8 Å². The second-order valence-electron chi connectivity index (χ2n) is 7.28. The second kappa shape index (κ2) is 9.06. The van der Waals surface area contributed by atoms with Crippen molar-refractivity contribution >= 4 is 11.9 Å². The quantitative estimate of drug-likeness (QED) is 0.719. The molecule has 1 aromatic carbocycles. The van der Waals surface area contributed by atoms with Crippen molar-refractivity contribution in [2.75, 3.05) is 19.7 Å². The first-order valence-electron chi connectivity index (χ1n) is 9.94. The van der Waals surface area contributed by atoms with Crippen LogP contribution in [0.1, 0.15) is 63.0 Å². The van der Waals surface area contributed by atoms with Gasteiger partial charge in [-0.3, -0.25) is 9.69 Å². The van der Waals surface area contributed by atoms with Crippen molar-refractivity contribution in [3.63, 3.8) is 0 Å². The maximum atomic E-state index is 12.7. The third-order valence-corrected chi connectivity index (χ3v) is 5.29. The van der Waals surface area contributed by atoms with E-state index in [4.69, 9.17) is 4.74 Å². The second-order valence-corrected chi connectivity index (χ2v) is 7.28. The number of esters is 1. The number of aryl methyl sites for hydroxylation is 1. The molecule has 3 rings (SSSR count). The van der Waals surface area contributed by atoms with Gasteiger partial charge in [0.15, 0.2) is 0 Å². The Kier molecular flexibility index (Phi) is 6.52. The number of likely N-dealkylation sites (tertiary alicyclic amines) is 1. The third-order valence-electron chi connectivity index (χ3n) is 5.29. The van der Waals surface area contributed by atoms with Gasteiger partial charge in [0.2, 0.25) is 0 Å². The summed E-state index contributed by atoms with van der Waals surface area (Å²) in [7, 11) is 0. The lowest BCUT2D eigenvalue weighted by molar-refractivity contribution is 0.0525. The van der Waals surface area contributed by atoms with E-state index in [2.05, 4.69) is 27.3 Å². The number of nitrogens with zero attached hydrogens (tertiary/aromatic N) is 1. The molecule has 1 amide bonds. The number of carbonyl (C=O) groups excluding carboxylic acids is 2. The molecule has 0 bridgehead atoms. The molecule has 150 valence electrons. The maximum Gasteiger partial charge on any atom is 0.340 e. The van der Waals surface area contributed by atoms with Gasteiger partial charge in [0.25, 0.3) is 5.91 Å². The van der Waals surface area contributed by atoms with Gasteiger partial charge in [0, 0.05) is 18.8 Å². The number of aromatic amines is 1. The summed E-state index contributed by atoms with van der Waals surface area (Å²) in [6, 6.07) is 8.23. The van der Waals surface area contributed by atoms with Crippen LogP contribution in [0.15, 0.2) is 24.3 Å². The van der Waals surface area contributed by atoms with Crippen LogP contribution in [0.3, 0.4) is 0 Å². The minimum atomic E-state index is -0.399. The molecule has 1 aromatic heterocycles. The van der Waals surface area contributed by atoms with Crippen LogP contribution in [0.2, 0.25) is 0 Å². The summed E-state index contributed by atoms with van der Waals surface area (Å²) >= 11 is 0. The van der Waals surface area contributed by atoms with Crippen molar-refractivity contribution in [3.05, 3.63) is 57.9 Å². The van der Waals surface area contributed by atoms with Crippen LogP contribution in [-0.2, 0) is 17.8 Å². The molecule has 2 heterocycles. The zero-order valence-corrected chi connectivity index (χ0v) is 16.9. The summed E-state index contributed by atoms with van der Waals surface area (Å²) in [4.78, 5) is 30.4. The molecule has 6 heteroatoms. The smallest absolute Gasteiger partial charge is 0.340 e. The van der Waals surface area contributed by atoms with Gasteiger partial charge in [-0.2, -0.15) is 0 Å². The van der Waals surface area contributed by atoms with Gasteiger partial charge < -0.3 is 15.0 Å². The van der Waals surface area contributed by atoms with Gasteiger partial charge >= 0.3 is 5.97 Å². The average molecular weight is 383 g/mol. The topological polar surface area (TPSA) is 74.4 Å². The molecule has 0 aliphatic carbocycles. The van der Waals surface area contributed by atoms with Crippen molar-refractivity contribution in [1.29, 1.82) is 0 Å². The van der Waals surface area contributed by atoms with Crippen LogP contribution < -0.4 is 5.32 Å². The Bertz CT molecular complexity index is 851. The van der Waals surface area contributed by atoms with Crippen molar-refractivity contribution in [2.45, 2.75) is 46.7 Å². The van der Waals surface area contributed by atoms with Crippen LogP contribution in [0.25, 0.3) is 0 Å². The van der Waals surface area contributed by atoms with Crippen molar-refractivity contribution in [2.24, 2.45) is 0 Å². The predicted octanol–water partition coefficient (Wildman–Crippen LogP) is 3.33. The molecule has 0 saturated carbocycles. The first-order valence-corrected chi connectivity index (χ1v) is 9.94. The zero-order chi connectivity index (χ0) is 20.1. The molecule has 1 saturated heterocycles. The molecule has 1 aliphatic heterocycles. The highest BCUT2D eigenvalue weighted by Crippen LogP contribution is 2.20. The molecule has 28 heavy (non-hydrogen) atoms. The number of nitrogens with one attached hydrogen (secondary N) is 2. The lowest BCUT2D eigenvalue weighted by atomic mass is 10.1. The van der Waals surface area contributed by atoms with Crippen LogP contribution >= 0.6 is 0 Å². The summed E-state index contributed by atoms with van der Waals surface area (Å²) < 4.78 is 5.10. The Morgan fingerprint density at radius 3 is 2.50 bits per heavy atom. The Hall–Kier alpha value is -2.60. The Balaban J connectivity index is 1.69. The van der Waals surface area contributed by atoms with Gasteiger partial charge in [-0.1, -0.05) is 24.3 Å². The molecule has 1 aliphatic rings. The van der Waals surface area contributed by atoms with E-state index in [0.717, 1.165) is 25.2 Å². The Morgan fingerprint density at radius 1 is 1.14 bits per heavy atom. The molecule has 0 spiro atoms. The molecule has 0 unspecified atom stereocenters. The van der Waals surface area contributed by atoms with E-state index in [9.17, 15) is 9.59 Å². The molecule has 1 fully saturated rings. The summed E-state index contributed by atoms with van der Waals surface area (Å²) in [6.45, 7) is 9.26.